The van der Waals surface area contributed by atoms with Crippen LogP contribution in [0.4, 0.5) is 4.39 Å². The summed E-state index contributed by atoms with van der Waals surface area (Å²) in [5.41, 5.74) is 0.640. The Labute approximate surface area is 137 Å². The zero-order valence-corrected chi connectivity index (χ0v) is 14.0. The van der Waals surface area contributed by atoms with Crippen LogP contribution in [0.1, 0.15) is 55.5 Å². The number of carbonyl (C=O) groups is 1. The molecule has 5 heteroatoms. The summed E-state index contributed by atoms with van der Waals surface area (Å²) in [6.07, 6.45) is 5.03. The summed E-state index contributed by atoms with van der Waals surface area (Å²) in [6.45, 7) is 6.64. The maximum absolute atomic E-state index is 13.9. The van der Waals surface area contributed by atoms with Gasteiger partial charge in [-0.05, 0) is 44.5 Å². The first-order valence-electron chi connectivity index (χ1n) is 8.50. The van der Waals surface area contributed by atoms with Gasteiger partial charge in [0.05, 0.1) is 5.56 Å². The molecule has 0 fully saturated rings. The topological polar surface area (TPSA) is 49.8 Å². The molecule has 0 saturated heterocycles. The maximum atomic E-state index is 13.9. The molecule has 1 aliphatic heterocycles. The summed E-state index contributed by atoms with van der Waals surface area (Å²) in [5, 5.41) is 9.34. The SMILES string of the molecule is CCCCCN(CCC)C1COc2c(F)ccc(C(=O)O)c2C1. The normalized spacial score (nSPS) is 17.0. The van der Waals surface area contributed by atoms with Crippen LogP contribution in [0.15, 0.2) is 12.1 Å². The molecule has 1 N–H and O–H groups in total. The summed E-state index contributed by atoms with van der Waals surface area (Å²) in [7, 11) is 0. The highest BCUT2D eigenvalue weighted by Crippen LogP contribution is 2.32. The predicted molar refractivity (Wildman–Crippen MR) is 87.7 cm³/mol. The number of nitrogens with zero attached hydrogens (tertiary/aromatic N) is 1. The van der Waals surface area contributed by atoms with E-state index >= 15 is 0 Å². The molecule has 23 heavy (non-hydrogen) atoms. The van der Waals surface area contributed by atoms with Crippen LogP contribution in [-0.2, 0) is 6.42 Å². The van der Waals surface area contributed by atoms with Gasteiger partial charge < -0.3 is 9.84 Å². The van der Waals surface area contributed by atoms with Gasteiger partial charge >= 0.3 is 5.97 Å². The number of fused-ring (bicyclic) bond motifs is 1. The lowest BCUT2D eigenvalue weighted by molar-refractivity contribution is 0.0688. The minimum Gasteiger partial charge on any atom is -0.489 e. The number of aromatic carboxylic acids is 1. The summed E-state index contributed by atoms with van der Waals surface area (Å²) in [5.74, 6) is -1.39. The van der Waals surface area contributed by atoms with Crippen LogP contribution in [0, 0.1) is 5.82 Å². The second kappa shape index (κ2) is 8.29. The lowest BCUT2D eigenvalue weighted by atomic mass is 9.95. The summed E-state index contributed by atoms with van der Waals surface area (Å²) in [4.78, 5) is 13.8. The van der Waals surface area contributed by atoms with Gasteiger partial charge in [0.25, 0.3) is 0 Å². The van der Waals surface area contributed by atoms with Crippen LogP contribution in [0.5, 0.6) is 5.75 Å². The van der Waals surface area contributed by atoms with Crippen LogP contribution >= 0.6 is 0 Å². The third-order valence-electron chi connectivity index (χ3n) is 4.38. The first-order chi connectivity index (χ1) is 11.1. The molecule has 1 unspecified atom stereocenters. The number of carboxylic acid groups (broad SMARTS) is 1. The molecular weight excluding hydrogens is 297 g/mol. The Morgan fingerprint density at radius 2 is 2.09 bits per heavy atom. The van der Waals surface area contributed by atoms with E-state index in [0.29, 0.717) is 18.6 Å². The number of hydrogen-bond donors (Lipinski definition) is 1. The standard InChI is InChI=1S/C18H26FNO3/c1-3-5-6-10-20(9-4-2)13-11-15-14(18(21)22)7-8-16(19)17(15)23-12-13/h7-8,13H,3-6,9-12H2,1-2H3,(H,21,22). The van der Waals surface area contributed by atoms with Crippen molar-refractivity contribution in [3.63, 3.8) is 0 Å². The van der Waals surface area contributed by atoms with Gasteiger partial charge in [0.1, 0.15) is 6.61 Å². The highest BCUT2D eigenvalue weighted by molar-refractivity contribution is 5.90. The lowest BCUT2D eigenvalue weighted by Crippen LogP contribution is -2.44. The molecule has 1 heterocycles. The van der Waals surface area contributed by atoms with Crippen molar-refractivity contribution < 1.29 is 19.0 Å². The average molecular weight is 323 g/mol. The molecule has 1 atom stereocenters. The van der Waals surface area contributed by atoms with Crippen LogP contribution in [-0.4, -0.2) is 41.7 Å². The fourth-order valence-electron chi connectivity index (χ4n) is 3.20. The molecule has 1 aromatic carbocycles. The molecule has 0 radical (unpaired) electrons. The van der Waals surface area contributed by atoms with E-state index in [1.54, 1.807) is 0 Å². The van der Waals surface area contributed by atoms with E-state index in [1.165, 1.54) is 25.0 Å². The average Bonchev–Trinajstić information content (AvgIpc) is 2.54. The Hall–Kier alpha value is -1.62. The first kappa shape index (κ1) is 17.7. The largest absolute Gasteiger partial charge is 0.489 e. The number of hydrogen-bond acceptors (Lipinski definition) is 3. The van der Waals surface area contributed by atoms with Crippen molar-refractivity contribution in [3.05, 3.63) is 29.1 Å². The Morgan fingerprint density at radius 1 is 1.30 bits per heavy atom. The number of benzene rings is 1. The van der Waals surface area contributed by atoms with Gasteiger partial charge in [0.2, 0.25) is 0 Å². The number of rotatable bonds is 8. The molecule has 1 aliphatic rings. The van der Waals surface area contributed by atoms with Gasteiger partial charge in [-0.3, -0.25) is 4.90 Å². The predicted octanol–water partition coefficient (Wildman–Crippen LogP) is 3.73. The zero-order chi connectivity index (χ0) is 16.8. The van der Waals surface area contributed by atoms with E-state index in [4.69, 9.17) is 4.74 Å². The summed E-state index contributed by atoms with van der Waals surface area (Å²) in [6, 6.07) is 2.62. The molecule has 0 spiro atoms. The fourth-order valence-corrected chi connectivity index (χ4v) is 3.20. The molecule has 1 aromatic rings. The zero-order valence-electron chi connectivity index (χ0n) is 14.0. The quantitative estimate of drug-likeness (QED) is 0.741. The van der Waals surface area contributed by atoms with Gasteiger partial charge in [0.15, 0.2) is 11.6 Å². The van der Waals surface area contributed by atoms with Crippen LogP contribution < -0.4 is 4.74 Å². The van der Waals surface area contributed by atoms with Crippen molar-refractivity contribution in [3.8, 4) is 5.75 Å². The number of carboxylic acids is 1. The third kappa shape index (κ3) is 4.22. The van der Waals surface area contributed by atoms with Crippen molar-refractivity contribution >= 4 is 5.97 Å². The Bertz CT molecular complexity index is 547. The van der Waals surface area contributed by atoms with E-state index in [9.17, 15) is 14.3 Å². The molecule has 0 bridgehead atoms. The minimum absolute atomic E-state index is 0.110. The van der Waals surface area contributed by atoms with E-state index in [0.717, 1.165) is 25.9 Å². The van der Waals surface area contributed by atoms with Gasteiger partial charge in [-0.25, -0.2) is 9.18 Å². The highest BCUT2D eigenvalue weighted by atomic mass is 19.1. The van der Waals surface area contributed by atoms with Crippen molar-refractivity contribution in [1.82, 2.24) is 4.90 Å². The van der Waals surface area contributed by atoms with E-state index in [2.05, 4.69) is 18.7 Å². The van der Waals surface area contributed by atoms with Crippen LogP contribution in [0.2, 0.25) is 0 Å². The monoisotopic (exact) mass is 323 g/mol. The summed E-state index contributed by atoms with van der Waals surface area (Å²) < 4.78 is 19.5. The second-order valence-corrected chi connectivity index (χ2v) is 6.12. The highest BCUT2D eigenvalue weighted by Gasteiger charge is 2.30. The Balaban J connectivity index is 2.19. The molecule has 2 rings (SSSR count). The van der Waals surface area contributed by atoms with Gasteiger partial charge in [-0.15, -0.1) is 0 Å². The fraction of sp³-hybridized carbons (Fsp3) is 0.611. The number of halogens is 1. The molecule has 0 aliphatic carbocycles. The van der Waals surface area contributed by atoms with Gasteiger partial charge in [-0.1, -0.05) is 26.7 Å². The Kier molecular flexibility index (Phi) is 6.39. The van der Waals surface area contributed by atoms with E-state index in [1.807, 2.05) is 0 Å². The second-order valence-electron chi connectivity index (χ2n) is 6.12. The minimum atomic E-state index is -1.03. The molecular formula is C18H26FNO3. The molecule has 0 aromatic heterocycles. The number of ether oxygens (including phenoxy) is 1. The Morgan fingerprint density at radius 3 is 2.74 bits per heavy atom. The molecule has 0 saturated carbocycles. The van der Waals surface area contributed by atoms with Crippen molar-refractivity contribution in [2.24, 2.45) is 0 Å². The van der Waals surface area contributed by atoms with Crippen molar-refractivity contribution in [2.75, 3.05) is 19.7 Å². The van der Waals surface area contributed by atoms with E-state index in [-0.39, 0.29) is 17.4 Å². The molecule has 4 nitrogen and oxygen atoms in total. The third-order valence-corrected chi connectivity index (χ3v) is 4.38. The smallest absolute Gasteiger partial charge is 0.336 e. The first-order valence-corrected chi connectivity index (χ1v) is 8.50. The van der Waals surface area contributed by atoms with Gasteiger partial charge in [-0.2, -0.15) is 0 Å². The van der Waals surface area contributed by atoms with Gasteiger partial charge in [0, 0.05) is 11.6 Å². The van der Waals surface area contributed by atoms with E-state index < -0.39 is 11.8 Å². The molecule has 0 amide bonds. The van der Waals surface area contributed by atoms with Crippen LogP contribution in [0.25, 0.3) is 0 Å². The van der Waals surface area contributed by atoms with Crippen molar-refractivity contribution in [2.45, 2.75) is 52.0 Å². The summed E-state index contributed by atoms with van der Waals surface area (Å²) >= 11 is 0. The number of unbranched alkanes of at least 4 members (excludes halogenated alkanes) is 2. The molecule has 128 valence electrons. The van der Waals surface area contributed by atoms with Crippen molar-refractivity contribution in [1.29, 1.82) is 0 Å². The lowest BCUT2D eigenvalue weighted by Gasteiger charge is -2.35. The van der Waals surface area contributed by atoms with Crippen LogP contribution in [0.3, 0.4) is 0 Å². The maximum Gasteiger partial charge on any atom is 0.336 e.